The van der Waals surface area contributed by atoms with Gasteiger partial charge in [-0.2, -0.15) is 0 Å². The number of rotatable bonds is 6. The highest BCUT2D eigenvalue weighted by atomic mass is 16.5. The molecule has 29 heavy (non-hydrogen) atoms. The van der Waals surface area contributed by atoms with Crippen LogP contribution in [0.2, 0.25) is 0 Å². The number of methoxy groups -OCH3 is 1. The van der Waals surface area contributed by atoms with Crippen LogP contribution in [0.15, 0.2) is 72.9 Å². The Morgan fingerprint density at radius 2 is 1.86 bits per heavy atom. The van der Waals surface area contributed by atoms with E-state index in [1.54, 1.807) is 0 Å². The molecule has 146 valence electrons. The van der Waals surface area contributed by atoms with E-state index in [0.717, 1.165) is 41.5 Å². The average molecular weight is 384 g/mol. The molecule has 2 aromatic carbocycles. The van der Waals surface area contributed by atoms with E-state index in [9.17, 15) is 4.79 Å². The quantitative estimate of drug-likeness (QED) is 0.416. The fourth-order valence-corrected chi connectivity index (χ4v) is 3.81. The lowest BCUT2D eigenvalue weighted by molar-refractivity contribution is 0.0589. The Hall–Kier alpha value is -3.40. The summed E-state index contributed by atoms with van der Waals surface area (Å²) in [5.74, 6) is -0.323. The molecular formula is C25H24N2O2. The van der Waals surface area contributed by atoms with Crippen LogP contribution in [0.1, 0.15) is 28.0 Å². The summed E-state index contributed by atoms with van der Waals surface area (Å²) < 4.78 is 7.12. The first kappa shape index (κ1) is 18.9. The van der Waals surface area contributed by atoms with Gasteiger partial charge < -0.3 is 9.30 Å². The lowest BCUT2D eigenvalue weighted by atomic mass is 10.1. The van der Waals surface area contributed by atoms with Crippen LogP contribution in [0.3, 0.4) is 0 Å². The minimum absolute atomic E-state index is 0.323. The smallest absolute Gasteiger partial charge is 0.354 e. The molecule has 0 atom stereocenters. The number of hydrogen-bond acceptors (Lipinski definition) is 3. The second-order valence-corrected chi connectivity index (χ2v) is 7.22. The molecule has 0 N–H and O–H groups in total. The summed E-state index contributed by atoms with van der Waals surface area (Å²) >= 11 is 0. The molecule has 0 amide bonds. The Kier molecular flexibility index (Phi) is 5.43. The number of aromatic nitrogens is 2. The molecule has 0 aliphatic carbocycles. The van der Waals surface area contributed by atoms with Gasteiger partial charge in [-0.25, -0.2) is 4.79 Å². The van der Waals surface area contributed by atoms with E-state index in [-0.39, 0.29) is 5.97 Å². The van der Waals surface area contributed by atoms with Crippen LogP contribution in [0, 0.1) is 6.92 Å². The number of aryl methyl sites for hydroxylation is 3. The molecule has 0 aliphatic rings. The Bertz CT molecular complexity index is 1150. The number of nitrogens with zero attached hydrogens (tertiary/aromatic N) is 2. The van der Waals surface area contributed by atoms with E-state index in [1.165, 1.54) is 18.2 Å². The van der Waals surface area contributed by atoms with Crippen LogP contribution in [0.4, 0.5) is 0 Å². The molecule has 0 aliphatic heterocycles. The SMILES string of the molecule is COC(=O)c1cc2c(-c3cccc(C)c3)nccc2n1CCCc1ccccc1. The maximum absolute atomic E-state index is 12.5. The van der Waals surface area contributed by atoms with Crippen molar-refractivity contribution in [3.8, 4) is 11.3 Å². The Morgan fingerprint density at radius 1 is 1.03 bits per heavy atom. The molecule has 0 bridgehead atoms. The van der Waals surface area contributed by atoms with Gasteiger partial charge in [-0.05, 0) is 43.5 Å². The number of benzene rings is 2. The summed E-state index contributed by atoms with van der Waals surface area (Å²) in [6.07, 6.45) is 3.70. The van der Waals surface area contributed by atoms with Crippen molar-refractivity contribution in [1.82, 2.24) is 9.55 Å². The molecule has 4 heteroatoms. The molecule has 0 radical (unpaired) electrons. The summed E-state index contributed by atoms with van der Waals surface area (Å²) in [5.41, 5.74) is 5.98. The number of ether oxygens (including phenoxy) is 1. The maximum atomic E-state index is 12.5. The third-order valence-electron chi connectivity index (χ3n) is 5.21. The first-order valence-electron chi connectivity index (χ1n) is 9.85. The molecule has 0 saturated heterocycles. The minimum atomic E-state index is -0.323. The van der Waals surface area contributed by atoms with Crippen molar-refractivity contribution in [2.75, 3.05) is 7.11 Å². The molecular weight excluding hydrogens is 360 g/mol. The second-order valence-electron chi connectivity index (χ2n) is 7.22. The van der Waals surface area contributed by atoms with Crippen LogP contribution < -0.4 is 0 Å². The predicted molar refractivity (Wildman–Crippen MR) is 116 cm³/mol. The molecule has 0 fully saturated rings. The summed E-state index contributed by atoms with van der Waals surface area (Å²) in [7, 11) is 1.42. The molecule has 0 spiro atoms. The van der Waals surface area contributed by atoms with E-state index in [1.807, 2.05) is 30.5 Å². The Labute approximate surface area is 170 Å². The predicted octanol–water partition coefficient (Wildman–Crippen LogP) is 5.43. The monoisotopic (exact) mass is 384 g/mol. The zero-order valence-corrected chi connectivity index (χ0v) is 16.8. The van der Waals surface area contributed by atoms with Crippen LogP contribution in [0.5, 0.6) is 0 Å². The average Bonchev–Trinajstić information content (AvgIpc) is 3.13. The van der Waals surface area contributed by atoms with Crippen molar-refractivity contribution in [2.24, 2.45) is 0 Å². The van der Waals surface area contributed by atoms with E-state index in [2.05, 4.69) is 58.9 Å². The second kappa shape index (κ2) is 8.31. The van der Waals surface area contributed by atoms with Crippen molar-refractivity contribution in [3.63, 3.8) is 0 Å². The van der Waals surface area contributed by atoms with Gasteiger partial charge in [0, 0.05) is 23.7 Å². The van der Waals surface area contributed by atoms with Gasteiger partial charge in [0.1, 0.15) is 5.69 Å². The van der Waals surface area contributed by atoms with E-state index in [4.69, 9.17) is 4.74 Å². The van der Waals surface area contributed by atoms with Crippen molar-refractivity contribution in [3.05, 3.63) is 89.7 Å². The Balaban J connectivity index is 1.74. The highest BCUT2D eigenvalue weighted by molar-refractivity contribution is 6.00. The lowest BCUT2D eigenvalue weighted by Gasteiger charge is -2.10. The van der Waals surface area contributed by atoms with Crippen LogP contribution in [-0.2, 0) is 17.7 Å². The number of pyridine rings is 1. The van der Waals surface area contributed by atoms with Gasteiger partial charge in [-0.3, -0.25) is 4.98 Å². The van der Waals surface area contributed by atoms with Crippen LogP contribution >= 0.6 is 0 Å². The number of fused-ring (bicyclic) bond motifs is 1. The molecule has 2 heterocycles. The highest BCUT2D eigenvalue weighted by Crippen LogP contribution is 2.30. The largest absolute Gasteiger partial charge is 0.464 e. The van der Waals surface area contributed by atoms with Crippen molar-refractivity contribution >= 4 is 16.9 Å². The first-order valence-corrected chi connectivity index (χ1v) is 9.85. The zero-order valence-electron chi connectivity index (χ0n) is 16.8. The lowest BCUT2D eigenvalue weighted by Crippen LogP contribution is -2.11. The molecule has 4 rings (SSSR count). The standard InChI is InChI=1S/C25H24N2O2/c1-18-8-6-12-20(16-18)24-21-17-23(25(28)29-2)27(22(21)13-14-26-24)15-7-11-19-9-4-3-5-10-19/h3-6,8-10,12-14,16-17H,7,11,15H2,1-2H3. The maximum Gasteiger partial charge on any atom is 0.354 e. The Morgan fingerprint density at radius 3 is 2.62 bits per heavy atom. The number of esters is 1. The van der Waals surface area contributed by atoms with Crippen molar-refractivity contribution in [2.45, 2.75) is 26.3 Å². The first-order chi connectivity index (χ1) is 14.2. The summed E-state index contributed by atoms with van der Waals surface area (Å²) in [5, 5.41) is 0.971. The number of hydrogen-bond donors (Lipinski definition) is 0. The summed E-state index contributed by atoms with van der Waals surface area (Å²) in [4.78, 5) is 17.1. The minimum Gasteiger partial charge on any atom is -0.464 e. The van der Waals surface area contributed by atoms with E-state index < -0.39 is 0 Å². The van der Waals surface area contributed by atoms with Gasteiger partial charge in [0.05, 0.1) is 18.3 Å². The third kappa shape index (κ3) is 3.92. The van der Waals surface area contributed by atoms with Gasteiger partial charge in [0.2, 0.25) is 0 Å². The van der Waals surface area contributed by atoms with Crippen molar-refractivity contribution in [1.29, 1.82) is 0 Å². The van der Waals surface area contributed by atoms with Gasteiger partial charge >= 0.3 is 5.97 Å². The molecule has 4 aromatic rings. The van der Waals surface area contributed by atoms with Crippen LogP contribution in [-0.4, -0.2) is 22.6 Å². The fraction of sp³-hybridized carbons (Fsp3) is 0.200. The molecule has 4 nitrogen and oxygen atoms in total. The van der Waals surface area contributed by atoms with Gasteiger partial charge in [-0.1, -0.05) is 54.1 Å². The topological polar surface area (TPSA) is 44.1 Å². The van der Waals surface area contributed by atoms with Gasteiger partial charge in [-0.15, -0.1) is 0 Å². The fourth-order valence-electron chi connectivity index (χ4n) is 3.81. The number of carbonyl (C=O) groups excluding carboxylic acids is 1. The highest BCUT2D eigenvalue weighted by Gasteiger charge is 2.19. The molecule has 0 saturated carbocycles. The van der Waals surface area contributed by atoms with Crippen molar-refractivity contribution < 1.29 is 9.53 Å². The zero-order chi connectivity index (χ0) is 20.2. The third-order valence-corrected chi connectivity index (χ3v) is 5.21. The van der Waals surface area contributed by atoms with Crippen LogP contribution in [0.25, 0.3) is 22.2 Å². The van der Waals surface area contributed by atoms with Gasteiger partial charge in [0.15, 0.2) is 0 Å². The van der Waals surface area contributed by atoms with Gasteiger partial charge in [0.25, 0.3) is 0 Å². The number of carbonyl (C=O) groups is 1. The summed E-state index contributed by atoms with van der Waals surface area (Å²) in [6, 6.07) is 22.6. The molecule has 2 aromatic heterocycles. The van der Waals surface area contributed by atoms with E-state index in [0.29, 0.717) is 5.69 Å². The summed E-state index contributed by atoms with van der Waals surface area (Å²) in [6.45, 7) is 2.80. The normalized spacial score (nSPS) is 11.0. The van der Waals surface area contributed by atoms with E-state index >= 15 is 0 Å². The molecule has 0 unspecified atom stereocenters.